The predicted molar refractivity (Wildman–Crippen MR) is 113 cm³/mol. The molecule has 1 atom stereocenters. The minimum atomic E-state index is -0.880. The lowest BCUT2D eigenvalue weighted by molar-refractivity contribution is -0.143. The van der Waals surface area contributed by atoms with Crippen molar-refractivity contribution in [3.8, 4) is 11.1 Å². The molecule has 0 unspecified atom stereocenters. The molecule has 0 aromatic heterocycles. The van der Waals surface area contributed by atoms with E-state index < -0.39 is 23.4 Å². The summed E-state index contributed by atoms with van der Waals surface area (Å²) in [6.07, 6.45) is 2.76. The lowest BCUT2D eigenvalue weighted by atomic mass is 9.80. The van der Waals surface area contributed by atoms with E-state index in [2.05, 4.69) is 29.6 Å². The number of ether oxygens (including phenoxy) is 1. The SMILES string of the molecule is CC(C)(C)[C@H](/C=C/CNC(=O)OCC1c2ccccc2-c2ccccc21)C(=O)O. The van der Waals surface area contributed by atoms with Gasteiger partial charge < -0.3 is 15.2 Å². The van der Waals surface area contributed by atoms with Crippen molar-refractivity contribution in [3.63, 3.8) is 0 Å². The molecule has 0 saturated heterocycles. The molecule has 0 bridgehead atoms. The maximum Gasteiger partial charge on any atom is 0.407 e. The highest BCUT2D eigenvalue weighted by Gasteiger charge is 2.29. The highest BCUT2D eigenvalue weighted by atomic mass is 16.5. The molecular formula is C24H27NO4. The van der Waals surface area contributed by atoms with E-state index in [1.165, 1.54) is 11.1 Å². The molecule has 0 spiro atoms. The Morgan fingerprint density at radius 3 is 2.14 bits per heavy atom. The largest absolute Gasteiger partial charge is 0.481 e. The summed E-state index contributed by atoms with van der Waals surface area (Å²) in [7, 11) is 0. The third kappa shape index (κ3) is 4.67. The van der Waals surface area contributed by atoms with Gasteiger partial charge in [-0.25, -0.2) is 4.79 Å². The number of rotatable bonds is 6. The Morgan fingerprint density at radius 2 is 1.62 bits per heavy atom. The van der Waals surface area contributed by atoms with Gasteiger partial charge in [-0.2, -0.15) is 0 Å². The average molecular weight is 393 g/mol. The van der Waals surface area contributed by atoms with Gasteiger partial charge in [0.05, 0.1) is 5.92 Å². The fourth-order valence-electron chi connectivity index (χ4n) is 3.74. The van der Waals surface area contributed by atoms with Crippen molar-refractivity contribution in [2.45, 2.75) is 26.7 Å². The molecule has 2 N–H and O–H groups in total. The number of amides is 1. The second-order valence-corrected chi connectivity index (χ2v) is 8.32. The molecule has 0 fully saturated rings. The van der Waals surface area contributed by atoms with Crippen LogP contribution in [0.15, 0.2) is 60.7 Å². The van der Waals surface area contributed by atoms with Crippen LogP contribution in [0.2, 0.25) is 0 Å². The van der Waals surface area contributed by atoms with Crippen LogP contribution in [0.3, 0.4) is 0 Å². The number of carboxylic acids is 1. The summed E-state index contributed by atoms with van der Waals surface area (Å²) in [6.45, 7) is 6.08. The Hall–Kier alpha value is -3.08. The highest BCUT2D eigenvalue weighted by molar-refractivity contribution is 5.79. The van der Waals surface area contributed by atoms with Crippen LogP contribution >= 0.6 is 0 Å². The lowest BCUT2D eigenvalue weighted by Crippen LogP contribution is -2.28. The van der Waals surface area contributed by atoms with Gasteiger partial charge in [0, 0.05) is 12.5 Å². The fraction of sp³-hybridized carbons (Fsp3) is 0.333. The Labute approximate surface area is 171 Å². The third-order valence-electron chi connectivity index (χ3n) is 5.24. The zero-order chi connectivity index (χ0) is 21.0. The molecule has 1 aliphatic carbocycles. The first kappa shape index (κ1) is 20.6. The molecule has 2 aromatic carbocycles. The molecule has 152 valence electrons. The van der Waals surface area contributed by atoms with E-state index >= 15 is 0 Å². The summed E-state index contributed by atoms with van der Waals surface area (Å²) < 4.78 is 5.46. The first-order chi connectivity index (χ1) is 13.8. The van der Waals surface area contributed by atoms with Gasteiger partial charge in [0.2, 0.25) is 0 Å². The zero-order valence-electron chi connectivity index (χ0n) is 17.0. The molecule has 0 radical (unpaired) electrons. The van der Waals surface area contributed by atoms with E-state index in [0.29, 0.717) is 0 Å². The van der Waals surface area contributed by atoms with Gasteiger partial charge in [0.15, 0.2) is 0 Å². The molecule has 0 aliphatic heterocycles. The maximum absolute atomic E-state index is 12.1. The lowest BCUT2D eigenvalue weighted by Gasteiger charge is -2.24. The van der Waals surface area contributed by atoms with E-state index in [9.17, 15) is 14.7 Å². The van der Waals surface area contributed by atoms with Gasteiger partial charge in [-0.05, 0) is 27.7 Å². The van der Waals surface area contributed by atoms with E-state index in [4.69, 9.17) is 4.74 Å². The molecule has 1 aliphatic rings. The molecule has 3 rings (SSSR count). The number of carbonyl (C=O) groups excluding carboxylic acids is 1. The number of aliphatic carboxylic acids is 1. The quantitative estimate of drug-likeness (QED) is 0.690. The van der Waals surface area contributed by atoms with Crippen LogP contribution in [0.4, 0.5) is 4.79 Å². The molecule has 0 saturated carbocycles. The molecule has 5 nitrogen and oxygen atoms in total. The number of alkyl carbamates (subject to hydrolysis) is 1. The van der Waals surface area contributed by atoms with Gasteiger partial charge in [-0.15, -0.1) is 0 Å². The Kier molecular flexibility index (Phi) is 6.06. The van der Waals surface area contributed by atoms with Gasteiger partial charge in [0.1, 0.15) is 6.61 Å². The summed E-state index contributed by atoms with van der Waals surface area (Å²) in [5.74, 6) is -1.48. The van der Waals surface area contributed by atoms with Gasteiger partial charge >= 0.3 is 12.1 Å². The monoisotopic (exact) mass is 393 g/mol. The summed E-state index contributed by atoms with van der Waals surface area (Å²) >= 11 is 0. The third-order valence-corrected chi connectivity index (χ3v) is 5.24. The van der Waals surface area contributed by atoms with E-state index in [1.54, 1.807) is 12.2 Å². The van der Waals surface area contributed by atoms with E-state index in [1.807, 2.05) is 45.0 Å². The van der Waals surface area contributed by atoms with Gasteiger partial charge in [-0.1, -0.05) is 81.5 Å². The second-order valence-electron chi connectivity index (χ2n) is 8.32. The normalized spacial score (nSPS) is 14.3. The fourth-order valence-corrected chi connectivity index (χ4v) is 3.74. The smallest absolute Gasteiger partial charge is 0.407 e. The number of benzene rings is 2. The van der Waals surface area contributed by atoms with Crippen molar-refractivity contribution < 1.29 is 19.4 Å². The van der Waals surface area contributed by atoms with Crippen LogP contribution in [0.25, 0.3) is 11.1 Å². The minimum Gasteiger partial charge on any atom is -0.481 e. The highest BCUT2D eigenvalue weighted by Crippen LogP contribution is 2.44. The van der Waals surface area contributed by atoms with E-state index in [0.717, 1.165) is 11.1 Å². The molecule has 2 aromatic rings. The summed E-state index contributed by atoms with van der Waals surface area (Å²) in [5.41, 5.74) is 4.29. The van der Waals surface area contributed by atoms with Crippen molar-refractivity contribution in [3.05, 3.63) is 71.8 Å². The zero-order valence-corrected chi connectivity index (χ0v) is 17.0. The number of nitrogens with one attached hydrogen (secondary N) is 1. The molecule has 0 heterocycles. The first-order valence-electron chi connectivity index (χ1n) is 9.77. The molecule has 5 heteroatoms. The van der Waals surface area contributed by atoms with Crippen LogP contribution < -0.4 is 5.32 Å². The van der Waals surface area contributed by atoms with Crippen molar-refractivity contribution in [1.82, 2.24) is 5.32 Å². The van der Waals surface area contributed by atoms with Crippen molar-refractivity contribution in [2.75, 3.05) is 13.2 Å². The number of hydrogen-bond donors (Lipinski definition) is 2. The maximum atomic E-state index is 12.1. The van der Waals surface area contributed by atoms with Gasteiger partial charge in [0.25, 0.3) is 0 Å². The standard InChI is InChI=1S/C24H27NO4/c1-24(2,3)21(22(26)27)13-8-14-25-23(28)29-15-20-18-11-6-4-9-16(18)17-10-5-7-12-19(17)20/h4-13,20-21H,14-15H2,1-3H3,(H,25,28)(H,26,27)/b13-8+/t21-/m1/s1. The van der Waals surface area contributed by atoms with E-state index in [-0.39, 0.29) is 19.1 Å². The molecule has 1 amide bonds. The van der Waals surface area contributed by atoms with Crippen LogP contribution in [-0.4, -0.2) is 30.3 Å². The summed E-state index contributed by atoms with van der Waals surface area (Å²) in [6, 6.07) is 16.3. The molecular weight excluding hydrogens is 366 g/mol. The molecule has 29 heavy (non-hydrogen) atoms. The van der Waals surface area contributed by atoms with Crippen LogP contribution in [0.5, 0.6) is 0 Å². The van der Waals surface area contributed by atoms with Crippen LogP contribution in [0, 0.1) is 11.3 Å². The van der Waals surface area contributed by atoms with Crippen molar-refractivity contribution >= 4 is 12.1 Å². The minimum absolute atomic E-state index is 0.0148. The van der Waals surface area contributed by atoms with Gasteiger partial charge in [-0.3, -0.25) is 4.79 Å². The summed E-state index contributed by atoms with van der Waals surface area (Å²) in [4.78, 5) is 23.5. The van der Waals surface area contributed by atoms with Crippen LogP contribution in [-0.2, 0) is 9.53 Å². The number of carbonyl (C=O) groups is 2. The van der Waals surface area contributed by atoms with Crippen molar-refractivity contribution in [2.24, 2.45) is 11.3 Å². The average Bonchev–Trinajstić information content (AvgIpc) is 2.99. The van der Waals surface area contributed by atoms with Crippen LogP contribution in [0.1, 0.15) is 37.8 Å². The Morgan fingerprint density at radius 1 is 1.07 bits per heavy atom. The second kappa shape index (κ2) is 8.52. The Balaban J connectivity index is 1.56. The number of carboxylic acid groups (broad SMARTS) is 1. The number of fused-ring (bicyclic) bond motifs is 3. The topological polar surface area (TPSA) is 75.6 Å². The predicted octanol–water partition coefficient (Wildman–Crippen LogP) is 4.83. The number of hydrogen-bond acceptors (Lipinski definition) is 3. The Bertz CT molecular complexity index is 881. The summed E-state index contributed by atoms with van der Waals surface area (Å²) in [5, 5.41) is 12.0. The van der Waals surface area contributed by atoms with Crippen molar-refractivity contribution in [1.29, 1.82) is 0 Å². The first-order valence-corrected chi connectivity index (χ1v) is 9.77.